The Bertz CT molecular complexity index is 858. The van der Waals surface area contributed by atoms with Gasteiger partial charge in [0.1, 0.15) is 0 Å². The van der Waals surface area contributed by atoms with Crippen LogP contribution in [0.1, 0.15) is 45.2 Å². The van der Waals surface area contributed by atoms with Crippen LogP contribution in [0.2, 0.25) is 0 Å². The predicted octanol–water partition coefficient (Wildman–Crippen LogP) is 3.59. The first-order valence-electron chi connectivity index (χ1n) is 9.36. The van der Waals surface area contributed by atoms with Crippen LogP contribution < -0.4 is 15.2 Å². The molecule has 2 N–H and O–H groups in total. The van der Waals surface area contributed by atoms with E-state index in [1.807, 2.05) is 43.9 Å². The number of anilines is 1. The first-order chi connectivity index (χ1) is 12.7. The summed E-state index contributed by atoms with van der Waals surface area (Å²) in [5.41, 5.74) is 8.30. The Morgan fingerprint density at radius 3 is 2.48 bits per heavy atom. The maximum atomic E-state index is 12.7. The van der Waals surface area contributed by atoms with Crippen molar-refractivity contribution in [2.45, 2.75) is 39.5 Å². The molecule has 0 saturated carbocycles. The number of hydrogen-bond donors (Lipinski definition) is 1. The summed E-state index contributed by atoms with van der Waals surface area (Å²) in [6.45, 7) is 7.33. The van der Waals surface area contributed by atoms with E-state index in [0.29, 0.717) is 23.7 Å². The molecule has 3 rings (SSSR count). The second-order valence-electron chi connectivity index (χ2n) is 8.20. The second-order valence-corrected chi connectivity index (χ2v) is 8.20. The number of carbonyl (C=O) groups is 1. The molecule has 1 saturated heterocycles. The summed E-state index contributed by atoms with van der Waals surface area (Å²) in [5.74, 6) is 1.61. The Hall–Kier alpha value is -2.50. The third-order valence-electron chi connectivity index (χ3n) is 5.12. The Labute approximate surface area is 160 Å². The van der Waals surface area contributed by atoms with Crippen LogP contribution in [0, 0.1) is 5.41 Å². The number of carbonyl (C=O) groups excluding carboxylic acids is 1. The molecule has 1 amide bonds. The maximum Gasteiger partial charge on any atom is 0.227 e. The van der Waals surface area contributed by atoms with E-state index in [1.54, 1.807) is 14.2 Å². The minimum atomic E-state index is -0.381. The average Bonchev–Trinajstić information content (AvgIpc) is 2.65. The lowest BCUT2D eigenvalue weighted by atomic mass is 9.89. The molecular formula is C21H29N3O3. The largest absolute Gasteiger partial charge is 0.493 e. The van der Waals surface area contributed by atoms with E-state index in [2.05, 4.69) is 0 Å². The molecule has 1 aliphatic heterocycles. The van der Waals surface area contributed by atoms with Gasteiger partial charge in [0.05, 0.1) is 31.1 Å². The molecule has 6 nitrogen and oxygen atoms in total. The van der Waals surface area contributed by atoms with Crippen molar-refractivity contribution in [1.29, 1.82) is 0 Å². The molecule has 2 heterocycles. The predicted molar refractivity (Wildman–Crippen MR) is 107 cm³/mol. The number of rotatable bonds is 3. The monoisotopic (exact) mass is 371 g/mol. The number of aromatic nitrogens is 1. The molecule has 1 unspecified atom stereocenters. The number of nitrogens with zero attached hydrogens (tertiary/aromatic N) is 2. The molecule has 0 spiro atoms. The number of amides is 1. The Morgan fingerprint density at radius 1 is 1.19 bits per heavy atom. The summed E-state index contributed by atoms with van der Waals surface area (Å²) in [5, 5.41) is 0.910. The number of piperidine rings is 1. The summed E-state index contributed by atoms with van der Waals surface area (Å²) in [6.07, 6.45) is 1.93. The van der Waals surface area contributed by atoms with E-state index in [1.165, 1.54) is 0 Å². The molecule has 6 heteroatoms. The lowest BCUT2D eigenvalue weighted by Crippen LogP contribution is -2.44. The summed E-state index contributed by atoms with van der Waals surface area (Å²) in [7, 11) is 3.22. The van der Waals surface area contributed by atoms with Gasteiger partial charge in [0.2, 0.25) is 5.91 Å². The summed E-state index contributed by atoms with van der Waals surface area (Å²) < 4.78 is 10.8. The average molecular weight is 371 g/mol. The number of methoxy groups -OCH3 is 2. The van der Waals surface area contributed by atoms with Crippen LogP contribution in [0.15, 0.2) is 18.2 Å². The first kappa shape index (κ1) is 19.3. The summed E-state index contributed by atoms with van der Waals surface area (Å²) >= 11 is 0. The highest BCUT2D eigenvalue weighted by Crippen LogP contribution is 2.36. The summed E-state index contributed by atoms with van der Waals surface area (Å²) in [6, 6.07) is 5.69. The maximum absolute atomic E-state index is 12.7. The van der Waals surface area contributed by atoms with Gasteiger partial charge in [-0.05, 0) is 25.0 Å². The van der Waals surface area contributed by atoms with Crippen LogP contribution in [0.5, 0.6) is 11.5 Å². The second kappa shape index (κ2) is 7.25. The highest BCUT2D eigenvalue weighted by atomic mass is 16.5. The lowest BCUT2D eigenvalue weighted by Gasteiger charge is -2.36. The fraction of sp³-hybridized carbons (Fsp3) is 0.524. The third kappa shape index (κ3) is 3.80. The Balaban J connectivity index is 1.96. The van der Waals surface area contributed by atoms with Crippen molar-refractivity contribution in [1.82, 2.24) is 9.88 Å². The first-order valence-corrected chi connectivity index (χ1v) is 9.36. The molecule has 0 aliphatic carbocycles. The fourth-order valence-corrected chi connectivity index (χ4v) is 3.72. The van der Waals surface area contributed by atoms with Gasteiger partial charge in [-0.2, -0.15) is 0 Å². The molecule has 1 aromatic heterocycles. The molecule has 27 heavy (non-hydrogen) atoms. The van der Waals surface area contributed by atoms with E-state index in [-0.39, 0.29) is 17.2 Å². The van der Waals surface area contributed by atoms with E-state index >= 15 is 0 Å². The molecular weight excluding hydrogens is 342 g/mol. The van der Waals surface area contributed by atoms with Crippen molar-refractivity contribution in [3.8, 4) is 11.5 Å². The smallest absolute Gasteiger partial charge is 0.227 e. The van der Waals surface area contributed by atoms with Crippen molar-refractivity contribution in [3.63, 3.8) is 0 Å². The molecule has 146 valence electrons. The van der Waals surface area contributed by atoms with Crippen LogP contribution in [0.25, 0.3) is 10.9 Å². The van der Waals surface area contributed by atoms with Crippen LogP contribution in [-0.4, -0.2) is 43.1 Å². The van der Waals surface area contributed by atoms with Crippen molar-refractivity contribution in [2.24, 2.45) is 5.41 Å². The Kier molecular flexibility index (Phi) is 5.18. The van der Waals surface area contributed by atoms with E-state index < -0.39 is 0 Å². The molecule has 1 fully saturated rings. The molecule has 0 radical (unpaired) electrons. The summed E-state index contributed by atoms with van der Waals surface area (Å²) in [4.78, 5) is 19.5. The number of pyridine rings is 1. The minimum Gasteiger partial charge on any atom is -0.493 e. The van der Waals surface area contributed by atoms with Gasteiger partial charge in [-0.15, -0.1) is 0 Å². The number of hydrogen-bond acceptors (Lipinski definition) is 5. The highest BCUT2D eigenvalue weighted by Gasteiger charge is 2.32. The number of nitrogen functional groups attached to an aromatic ring is 1. The Morgan fingerprint density at radius 2 is 1.85 bits per heavy atom. The zero-order valence-corrected chi connectivity index (χ0v) is 16.8. The van der Waals surface area contributed by atoms with Crippen molar-refractivity contribution in [3.05, 3.63) is 23.9 Å². The number of nitrogens with two attached hydrogens (primary N) is 1. The van der Waals surface area contributed by atoms with Gasteiger partial charge in [0.15, 0.2) is 11.5 Å². The fourth-order valence-electron chi connectivity index (χ4n) is 3.72. The van der Waals surface area contributed by atoms with E-state index in [0.717, 1.165) is 36.0 Å². The zero-order valence-electron chi connectivity index (χ0n) is 16.8. The van der Waals surface area contributed by atoms with Crippen molar-refractivity contribution < 1.29 is 14.3 Å². The topological polar surface area (TPSA) is 77.7 Å². The van der Waals surface area contributed by atoms with Crippen LogP contribution >= 0.6 is 0 Å². The SMILES string of the molecule is COc1cc2cc(N)c(C3CCCN(C(=O)C(C)(C)C)C3)nc2cc1OC. The van der Waals surface area contributed by atoms with Gasteiger partial charge >= 0.3 is 0 Å². The minimum absolute atomic E-state index is 0.141. The van der Waals surface area contributed by atoms with Crippen LogP contribution in [0.3, 0.4) is 0 Å². The molecule has 1 aromatic carbocycles. The van der Waals surface area contributed by atoms with Gasteiger partial charge in [0, 0.05) is 35.9 Å². The lowest BCUT2D eigenvalue weighted by molar-refractivity contribution is -0.140. The van der Waals surface area contributed by atoms with E-state index in [9.17, 15) is 4.79 Å². The van der Waals surface area contributed by atoms with Gasteiger partial charge in [-0.1, -0.05) is 20.8 Å². The molecule has 1 atom stereocenters. The highest BCUT2D eigenvalue weighted by molar-refractivity contribution is 5.86. The molecule has 1 aliphatic rings. The standard InChI is InChI=1S/C21H29N3O3/c1-21(2,3)20(25)24-8-6-7-13(12-24)19-15(22)9-14-10-17(26-4)18(27-5)11-16(14)23-19/h9-11,13H,6-8,12,22H2,1-5H3. The van der Waals surface area contributed by atoms with Crippen molar-refractivity contribution >= 4 is 22.5 Å². The zero-order chi connectivity index (χ0) is 19.8. The van der Waals surface area contributed by atoms with Crippen molar-refractivity contribution in [2.75, 3.05) is 33.0 Å². The van der Waals surface area contributed by atoms with Gasteiger partial charge in [-0.3, -0.25) is 9.78 Å². The normalized spacial score (nSPS) is 17.8. The van der Waals surface area contributed by atoms with Gasteiger partial charge in [0.25, 0.3) is 0 Å². The van der Waals surface area contributed by atoms with Crippen LogP contribution in [-0.2, 0) is 4.79 Å². The van der Waals surface area contributed by atoms with Gasteiger partial charge < -0.3 is 20.1 Å². The molecule has 0 bridgehead atoms. The van der Waals surface area contributed by atoms with Gasteiger partial charge in [-0.25, -0.2) is 0 Å². The van der Waals surface area contributed by atoms with E-state index in [4.69, 9.17) is 20.2 Å². The molecule has 2 aromatic rings. The quantitative estimate of drug-likeness (QED) is 0.892. The van der Waals surface area contributed by atoms with Crippen LogP contribution in [0.4, 0.5) is 5.69 Å². The number of likely N-dealkylation sites (tertiary alicyclic amines) is 1. The number of fused-ring (bicyclic) bond motifs is 1. The third-order valence-corrected chi connectivity index (χ3v) is 5.12. The number of ether oxygens (including phenoxy) is 2. The number of benzene rings is 1.